The number of aromatic nitrogens is 1. The highest BCUT2D eigenvalue weighted by Crippen LogP contribution is 2.27. The topological polar surface area (TPSA) is 24.9 Å². The molecule has 1 N–H and O–H groups in total. The predicted octanol–water partition coefficient (Wildman–Crippen LogP) is 3.27. The SMILES string of the molecule is CSc1ccc2nc(CNC3CC3)sc2c1. The minimum atomic E-state index is 0.758. The van der Waals surface area contributed by atoms with E-state index in [0.29, 0.717) is 0 Å². The summed E-state index contributed by atoms with van der Waals surface area (Å²) in [6.45, 7) is 0.929. The van der Waals surface area contributed by atoms with Crippen molar-refractivity contribution in [1.29, 1.82) is 0 Å². The fourth-order valence-electron chi connectivity index (χ4n) is 1.67. The summed E-state index contributed by atoms with van der Waals surface area (Å²) < 4.78 is 1.31. The Kier molecular flexibility index (Phi) is 2.88. The maximum atomic E-state index is 4.63. The molecule has 4 heteroatoms. The highest BCUT2D eigenvalue weighted by atomic mass is 32.2. The monoisotopic (exact) mass is 250 g/mol. The van der Waals surface area contributed by atoms with Gasteiger partial charge in [0.15, 0.2) is 0 Å². The molecule has 0 unspecified atom stereocenters. The molecule has 1 aromatic heterocycles. The van der Waals surface area contributed by atoms with Crippen LogP contribution in [0, 0.1) is 0 Å². The van der Waals surface area contributed by atoms with Crippen LogP contribution in [0.2, 0.25) is 0 Å². The third-order valence-corrected chi connectivity index (χ3v) is 4.50. The Balaban J connectivity index is 1.83. The van der Waals surface area contributed by atoms with Crippen molar-refractivity contribution in [3.05, 3.63) is 23.2 Å². The molecule has 1 aromatic carbocycles. The number of nitrogens with one attached hydrogen (secondary N) is 1. The Bertz CT molecular complexity index is 503. The number of thiazole rings is 1. The highest BCUT2D eigenvalue weighted by molar-refractivity contribution is 7.98. The predicted molar refractivity (Wildman–Crippen MR) is 71.3 cm³/mol. The molecule has 3 rings (SSSR count). The smallest absolute Gasteiger partial charge is 0.108 e. The van der Waals surface area contributed by atoms with E-state index in [-0.39, 0.29) is 0 Å². The van der Waals surface area contributed by atoms with Crippen molar-refractivity contribution in [3.8, 4) is 0 Å². The Morgan fingerprint density at radius 2 is 2.38 bits per heavy atom. The van der Waals surface area contributed by atoms with Gasteiger partial charge in [-0.25, -0.2) is 4.98 Å². The molecular formula is C12H14N2S2. The average molecular weight is 250 g/mol. The second-order valence-electron chi connectivity index (χ2n) is 4.10. The lowest BCUT2D eigenvalue weighted by molar-refractivity contribution is 0.685. The summed E-state index contributed by atoms with van der Waals surface area (Å²) in [4.78, 5) is 5.95. The van der Waals surface area contributed by atoms with E-state index in [4.69, 9.17) is 0 Å². The number of hydrogen-bond acceptors (Lipinski definition) is 4. The maximum absolute atomic E-state index is 4.63. The molecule has 0 radical (unpaired) electrons. The van der Waals surface area contributed by atoms with Crippen molar-refractivity contribution >= 4 is 33.3 Å². The molecule has 2 nitrogen and oxygen atoms in total. The molecule has 0 saturated heterocycles. The van der Waals surface area contributed by atoms with Gasteiger partial charge < -0.3 is 5.32 Å². The van der Waals surface area contributed by atoms with Crippen LogP contribution in [0.3, 0.4) is 0 Å². The first kappa shape index (κ1) is 10.6. The van der Waals surface area contributed by atoms with E-state index in [0.717, 1.165) is 18.1 Å². The first-order chi connectivity index (χ1) is 7.85. The Hall–Kier alpha value is -0.580. The molecular weight excluding hydrogens is 236 g/mol. The molecule has 0 atom stereocenters. The molecule has 16 heavy (non-hydrogen) atoms. The fourth-order valence-corrected chi connectivity index (χ4v) is 3.15. The van der Waals surface area contributed by atoms with E-state index in [1.54, 1.807) is 11.8 Å². The second-order valence-corrected chi connectivity index (χ2v) is 6.09. The van der Waals surface area contributed by atoms with Gasteiger partial charge in [-0.2, -0.15) is 0 Å². The van der Waals surface area contributed by atoms with Crippen molar-refractivity contribution in [2.75, 3.05) is 6.26 Å². The van der Waals surface area contributed by atoms with E-state index >= 15 is 0 Å². The number of hydrogen-bond donors (Lipinski definition) is 1. The zero-order chi connectivity index (χ0) is 11.0. The molecule has 0 aliphatic heterocycles. The van der Waals surface area contributed by atoms with Gasteiger partial charge in [-0.3, -0.25) is 0 Å². The van der Waals surface area contributed by atoms with Crippen LogP contribution in [0.4, 0.5) is 0 Å². The number of benzene rings is 1. The standard InChI is InChI=1S/C12H14N2S2/c1-15-9-4-5-10-11(6-9)16-12(14-10)7-13-8-2-3-8/h4-6,8,13H,2-3,7H2,1H3. The summed E-state index contributed by atoms with van der Waals surface area (Å²) in [6, 6.07) is 7.26. The first-order valence-electron chi connectivity index (χ1n) is 5.52. The van der Waals surface area contributed by atoms with Gasteiger partial charge in [0, 0.05) is 17.5 Å². The van der Waals surface area contributed by atoms with Gasteiger partial charge in [-0.1, -0.05) is 0 Å². The van der Waals surface area contributed by atoms with Crippen molar-refractivity contribution < 1.29 is 0 Å². The molecule has 1 aliphatic rings. The molecule has 1 aliphatic carbocycles. The lowest BCUT2D eigenvalue weighted by Crippen LogP contribution is -2.14. The maximum Gasteiger partial charge on any atom is 0.108 e. The van der Waals surface area contributed by atoms with Gasteiger partial charge in [-0.15, -0.1) is 23.1 Å². The van der Waals surface area contributed by atoms with Crippen LogP contribution in [0.15, 0.2) is 23.1 Å². The van der Waals surface area contributed by atoms with Crippen LogP contribution in [0.25, 0.3) is 10.2 Å². The van der Waals surface area contributed by atoms with Crippen molar-refractivity contribution in [1.82, 2.24) is 10.3 Å². The number of fused-ring (bicyclic) bond motifs is 1. The molecule has 1 saturated carbocycles. The zero-order valence-electron chi connectivity index (χ0n) is 9.19. The lowest BCUT2D eigenvalue weighted by atomic mass is 10.3. The highest BCUT2D eigenvalue weighted by Gasteiger charge is 2.20. The third-order valence-electron chi connectivity index (χ3n) is 2.76. The number of thioether (sulfide) groups is 1. The van der Waals surface area contributed by atoms with Gasteiger partial charge in [0.2, 0.25) is 0 Å². The average Bonchev–Trinajstić information content (AvgIpc) is 3.04. The quantitative estimate of drug-likeness (QED) is 0.843. The Morgan fingerprint density at radius 1 is 1.50 bits per heavy atom. The lowest BCUT2D eigenvalue weighted by Gasteiger charge is -1.96. The van der Waals surface area contributed by atoms with Crippen molar-refractivity contribution in [3.63, 3.8) is 0 Å². The summed E-state index contributed by atoms with van der Waals surface area (Å²) in [5, 5.41) is 4.71. The van der Waals surface area contributed by atoms with Crippen LogP contribution >= 0.6 is 23.1 Å². The Labute approximate surface area is 103 Å². The van der Waals surface area contributed by atoms with Gasteiger partial charge in [-0.05, 0) is 37.3 Å². The summed E-state index contributed by atoms with van der Waals surface area (Å²) in [5.41, 5.74) is 1.13. The van der Waals surface area contributed by atoms with Gasteiger partial charge >= 0.3 is 0 Å². The van der Waals surface area contributed by atoms with E-state index in [1.165, 1.54) is 27.4 Å². The molecule has 0 bridgehead atoms. The number of rotatable bonds is 4. The van der Waals surface area contributed by atoms with Crippen molar-refractivity contribution in [2.24, 2.45) is 0 Å². The summed E-state index contributed by atoms with van der Waals surface area (Å²) in [5.74, 6) is 0. The van der Waals surface area contributed by atoms with Crippen molar-refractivity contribution in [2.45, 2.75) is 30.3 Å². The van der Waals surface area contributed by atoms with E-state index in [2.05, 4.69) is 34.8 Å². The molecule has 1 fully saturated rings. The van der Waals surface area contributed by atoms with Crippen LogP contribution in [0.5, 0.6) is 0 Å². The summed E-state index contributed by atoms with van der Waals surface area (Å²) >= 11 is 3.59. The van der Waals surface area contributed by atoms with Gasteiger partial charge in [0.25, 0.3) is 0 Å². The Morgan fingerprint density at radius 3 is 3.12 bits per heavy atom. The summed E-state index contributed by atoms with van der Waals surface area (Å²) in [6.07, 6.45) is 4.78. The second kappa shape index (κ2) is 4.35. The van der Waals surface area contributed by atoms with Gasteiger partial charge in [0.1, 0.15) is 5.01 Å². The molecule has 0 spiro atoms. The molecule has 2 aromatic rings. The zero-order valence-corrected chi connectivity index (χ0v) is 10.8. The minimum Gasteiger partial charge on any atom is -0.308 e. The van der Waals surface area contributed by atoms with E-state index in [1.807, 2.05) is 11.3 Å². The van der Waals surface area contributed by atoms with Crippen LogP contribution in [-0.4, -0.2) is 17.3 Å². The van der Waals surface area contributed by atoms with E-state index in [9.17, 15) is 0 Å². The van der Waals surface area contributed by atoms with Crippen LogP contribution < -0.4 is 5.32 Å². The molecule has 84 valence electrons. The largest absolute Gasteiger partial charge is 0.308 e. The molecule has 1 heterocycles. The fraction of sp³-hybridized carbons (Fsp3) is 0.417. The minimum absolute atomic E-state index is 0.758. The normalized spacial score (nSPS) is 15.8. The first-order valence-corrected chi connectivity index (χ1v) is 7.56. The van der Waals surface area contributed by atoms with Crippen LogP contribution in [-0.2, 0) is 6.54 Å². The van der Waals surface area contributed by atoms with Gasteiger partial charge in [0.05, 0.1) is 10.2 Å². The number of nitrogens with zero attached hydrogens (tertiary/aromatic N) is 1. The van der Waals surface area contributed by atoms with E-state index < -0.39 is 0 Å². The molecule has 0 amide bonds. The third kappa shape index (κ3) is 2.24. The van der Waals surface area contributed by atoms with Crippen LogP contribution in [0.1, 0.15) is 17.8 Å². The summed E-state index contributed by atoms with van der Waals surface area (Å²) in [7, 11) is 0.